The lowest BCUT2D eigenvalue weighted by atomic mass is 9.87. The van der Waals surface area contributed by atoms with Crippen LogP contribution in [-0.4, -0.2) is 30.8 Å². The van der Waals surface area contributed by atoms with Gasteiger partial charge in [0.05, 0.1) is 6.61 Å². The Morgan fingerprint density at radius 2 is 0.897 bits per heavy atom. The number of halogens is 14. The Balaban J connectivity index is 3.87. The van der Waals surface area contributed by atoms with E-state index in [1.54, 1.807) is 0 Å². The minimum atomic E-state index is -6.96. The maximum Gasteiger partial charge on any atom is 0.460 e. The van der Waals surface area contributed by atoms with Crippen LogP contribution in [0.5, 0.6) is 0 Å². The molecule has 0 aliphatic heterocycles. The highest BCUT2D eigenvalue weighted by Crippen LogP contribution is 2.56. The molecule has 1 rings (SSSR count). The zero-order valence-electron chi connectivity index (χ0n) is 13.3. The van der Waals surface area contributed by atoms with E-state index in [0.717, 1.165) is 0 Å². The van der Waals surface area contributed by atoms with Crippen molar-refractivity contribution in [2.75, 3.05) is 6.61 Å². The highest BCUT2D eigenvalue weighted by atomic mass is 19.4. The lowest BCUT2D eigenvalue weighted by Gasteiger charge is -2.33. The number of alkyl halides is 14. The fraction of sp³-hybridized carbons (Fsp3) is 0.571. The van der Waals surface area contributed by atoms with Crippen LogP contribution in [0.2, 0.25) is 0 Å². The molecule has 1 radical (unpaired) electrons. The van der Waals surface area contributed by atoms with E-state index in [-0.39, 0.29) is 18.2 Å². The first-order valence-corrected chi connectivity index (χ1v) is 7.03. The smallest absolute Gasteiger partial charge is 0.236 e. The molecule has 0 aliphatic rings. The van der Waals surface area contributed by atoms with E-state index < -0.39 is 65.8 Å². The van der Waals surface area contributed by atoms with Crippen LogP contribution in [-0.2, 0) is 23.4 Å². The first-order valence-electron chi connectivity index (χ1n) is 7.03. The summed E-state index contributed by atoms with van der Waals surface area (Å²) in [6.45, 7) is -1.79. The van der Waals surface area contributed by atoms with Crippen molar-refractivity contribution in [1.82, 2.24) is 0 Å². The minimum Gasteiger partial charge on any atom is -0.236 e. The molecule has 0 N–H and O–H groups in total. The molecular formula is C14H7F14O. The van der Waals surface area contributed by atoms with Gasteiger partial charge < -0.3 is 0 Å². The molecule has 0 saturated carbocycles. The molecule has 0 heterocycles. The summed E-state index contributed by atoms with van der Waals surface area (Å²) in [5.41, 5.74) is -7.44. The molecule has 0 atom stereocenters. The topological polar surface area (TPSA) is 19.9 Å². The molecule has 0 bridgehead atoms. The van der Waals surface area contributed by atoms with Gasteiger partial charge in [-0.15, -0.1) is 0 Å². The highest BCUT2D eigenvalue weighted by molar-refractivity contribution is 5.43. The summed E-state index contributed by atoms with van der Waals surface area (Å²) in [6, 6.07) is -0.758. The van der Waals surface area contributed by atoms with Gasteiger partial charge in [-0.25, -0.2) is 5.11 Å². The summed E-state index contributed by atoms with van der Waals surface area (Å²) in [7, 11) is 0. The van der Waals surface area contributed by atoms with Gasteiger partial charge in [-0.1, -0.05) is 18.2 Å². The summed E-state index contributed by atoms with van der Waals surface area (Å²) in [5.74, 6) is -26.6. The average Bonchev–Trinajstić information content (AvgIpc) is 2.52. The normalized spacial score (nSPS) is 15.0. The van der Waals surface area contributed by atoms with E-state index >= 15 is 0 Å². The van der Waals surface area contributed by atoms with Gasteiger partial charge in [0.25, 0.3) is 0 Å². The Labute approximate surface area is 151 Å². The molecule has 0 amide bonds. The lowest BCUT2D eigenvalue weighted by Crippen LogP contribution is -2.52. The lowest BCUT2D eigenvalue weighted by molar-refractivity contribution is -0.361. The van der Waals surface area contributed by atoms with E-state index in [0.29, 0.717) is 0 Å². The van der Waals surface area contributed by atoms with E-state index in [9.17, 15) is 66.6 Å². The average molecular weight is 457 g/mol. The number of benzene rings is 1. The van der Waals surface area contributed by atoms with Crippen LogP contribution in [0.3, 0.4) is 0 Å². The van der Waals surface area contributed by atoms with Gasteiger partial charge in [0.1, 0.15) is 0 Å². The summed E-state index contributed by atoms with van der Waals surface area (Å²) in [5, 5.41) is 10.6. The van der Waals surface area contributed by atoms with Crippen LogP contribution in [0, 0.1) is 0 Å². The molecule has 1 aromatic rings. The molecule has 0 saturated heterocycles. The number of rotatable bonds is 6. The van der Waals surface area contributed by atoms with E-state index in [1.165, 1.54) is 0 Å². The molecule has 1 aromatic carbocycles. The molecule has 1 nitrogen and oxygen atoms in total. The molecule has 0 aromatic heterocycles. The molecule has 0 fully saturated rings. The molecule has 167 valence electrons. The van der Waals surface area contributed by atoms with Crippen molar-refractivity contribution in [1.29, 1.82) is 0 Å². The molecule has 15 heteroatoms. The van der Waals surface area contributed by atoms with Gasteiger partial charge in [0.15, 0.2) is 0 Å². The van der Waals surface area contributed by atoms with Crippen molar-refractivity contribution in [3.05, 3.63) is 34.9 Å². The first-order chi connectivity index (χ1) is 12.7. The van der Waals surface area contributed by atoms with Crippen LogP contribution >= 0.6 is 0 Å². The fourth-order valence-corrected chi connectivity index (χ4v) is 2.24. The zero-order valence-corrected chi connectivity index (χ0v) is 13.3. The maximum absolute atomic E-state index is 13.9. The summed E-state index contributed by atoms with van der Waals surface area (Å²) in [4.78, 5) is 0. The third-order valence-corrected chi connectivity index (χ3v) is 3.71. The number of hydrogen-bond acceptors (Lipinski definition) is 0. The molecule has 0 aliphatic carbocycles. The van der Waals surface area contributed by atoms with Crippen LogP contribution in [0.15, 0.2) is 18.2 Å². The van der Waals surface area contributed by atoms with E-state index in [4.69, 9.17) is 0 Å². The summed E-state index contributed by atoms with van der Waals surface area (Å²) < 4.78 is 182. The zero-order chi connectivity index (χ0) is 23.3. The Morgan fingerprint density at radius 1 is 0.586 bits per heavy atom. The summed E-state index contributed by atoms with van der Waals surface area (Å²) in [6.07, 6.45) is -15.7. The second-order valence-corrected chi connectivity index (χ2v) is 5.58. The maximum atomic E-state index is 13.9. The van der Waals surface area contributed by atoms with Crippen molar-refractivity contribution in [3.8, 4) is 0 Å². The Bertz CT molecular complexity index is 675. The third kappa shape index (κ3) is 3.84. The van der Waals surface area contributed by atoms with Crippen LogP contribution < -0.4 is 0 Å². The minimum absolute atomic E-state index is 0.139. The van der Waals surface area contributed by atoms with Crippen molar-refractivity contribution < 1.29 is 66.6 Å². The second-order valence-electron chi connectivity index (χ2n) is 5.58. The van der Waals surface area contributed by atoms with E-state index in [2.05, 4.69) is 0 Å². The fourth-order valence-electron chi connectivity index (χ4n) is 2.24. The van der Waals surface area contributed by atoms with Crippen molar-refractivity contribution in [2.24, 2.45) is 0 Å². The van der Waals surface area contributed by atoms with Crippen molar-refractivity contribution in [3.63, 3.8) is 0 Å². The van der Waals surface area contributed by atoms with Crippen LogP contribution in [0.25, 0.3) is 0 Å². The van der Waals surface area contributed by atoms with E-state index in [1.807, 2.05) is 0 Å². The largest absolute Gasteiger partial charge is 0.460 e. The van der Waals surface area contributed by atoms with Gasteiger partial charge in [0, 0.05) is 11.1 Å². The monoisotopic (exact) mass is 457 g/mol. The van der Waals surface area contributed by atoms with Gasteiger partial charge in [-0.05, 0) is 12.0 Å². The second kappa shape index (κ2) is 7.16. The van der Waals surface area contributed by atoms with Crippen molar-refractivity contribution >= 4 is 0 Å². The Hall–Kier alpha value is -1.80. The SMILES string of the molecule is [O]CCc1c(C(F)(F)C(F)(F)C(F)(F)F)cccc1C(F)(F)C(F)(F)C(F)(F)F. The highest BCUT2D eigenvalue weighted by Gasteiger charge is 2.76. The molecule has 0 unspecified atom stereocenters. The first kappa shape index (κ1) is 25.2. The van der Waals surface area contributed by atoms with Crippen molar-refractivity contribution in [2.45, 2.75) is 42.5 Å². The van der Waals surface area contributed by atoms with Gasteiger partial charge >= 0.3 is 36.0 Å². The van der Waals surface area contributed by atoms with Gasteiger partial charge in [-0.2, -0.15) is 61.5 Å². The quantitative estimate of drug-likeness (QED) is 0.451. The summed E-state index contributed by atoms with van der Waals surface area (Å²) >= 11 is 0. The Kier molecular flexibility index (Phi) is 6.23. The van der Waals surface area contributed by atoms with Gasteiger partial charge in [-0.3, -0.25) is 0 Å². The Morgan fingerprint density at radius 3 is 1.14 bits per heavy atom. The van der Waals surface area contributed by atoms with Crippen LogP contribution in [0.4, 0.5) is 61.5 Å². The molecule has 29 heavy (non-hydrogen) atoms. The molecular weight excluding hydrogens is 450 g/mol. The van der Waals surface area contributed by atoms with Crippen LogP contribution in [0.1, 0.15) is 16.7 Å². The predicted molar refractivity (Wildman–Crippen MR) is 65.5 cm³/mol. The predicted octanol–water partition coefficient (Wildman–Crippen LogP) is 6.24. The number of hydrogen-bond donors (Lipinski definition) is 0. The standard InChI is InChI=1S/C14H7F14O/c15-9(16,11(19,20)13(23,24)25)7-2-1-3-8(6(7)4-5-29)10(17,18)12(21,22)14(26,27)28/h1-3H,4-5H2. The van der Waals surface area contributed by atoms with Gasteiger partial charge in [0.2, 0.25) is 0 Å². The molecule has 0 spiro atoms. The third-order valence-electron chi connectivity index (χ3n) is 3.71.